The van der Waals surface area contributed by atoms with Crippen molar-refractivity contribution in [1.82, 2.24) is 20.5 Å². The fraction of sp³-hybridized carbons (Fsp3) is 0.600. The molecule has 1 aliphatic heterocycles. The van der Waals surface area contributed by atoms with E-state index in [1.807, 2.05) is 16.5 Å². The Hall–Kier alpha value is -1.14. The van der Waals surface area contributed by atoms with Crippen LogP contribution in [0.15, 0.2) is 11.6 Å². The predicted octanol–water partition coefficient (Wildman–Crippen LogP) is 0.819. The highest BCUT2D eigenvalue weighted by Gasteiger charge is 2.18. The molecule has 2 amide bonds. The second-order valence-corrected chi connectivity index (χ2v) is 4.69. The third kappa shape index (κ3) is 2.70. The van der Waals surface area contributed by atoms with Crippen molar-refractivity contribution in [3.8, 4) is 0 Å². The van der Waals surface area contributed by atoms with Gasteiger partial charge in [-0.25, -0.2) is 9.78 Å². The van der Waals surface area contributed by atoms with E-state index < -0.39 is 0 Å². The number of hydrogen-bond acceptors (Lipinski definition) is 4. The summed E-state index contributed by atoms with van der Waals surface area (Å²) >= 11 is 1.65. The highest BCUT2D eigenvalue weighted by Crippen LogP contribution is 2.14. The topological polar surface area (TPSA) is 57.3 Å². The maximum Gasteiger partial charge on any atom is 0.317 e. The molecule has 1 saturated heterocycles. The van der Waals surface area contributed by atoms with Crippen LogP contribution < -0.4 is 10.6 Å². The molecule has 5 nitrogen and oxygen atoms in total. The summed E-state index contributed by atoms with van der Waals surface area (Å²) in [5, 5.41) is 9.21. The van der Waals surface area contributed by atoms with Crippen LogP contribution in [0.4, 0.5) is 4.79 Å². The fourth-order valence-electron chi connectivity index (χ4n) is 1.68. The molecule has 2 N–H and O–H groups in total. The summed E-state index contributed by atoms with van der Waals surface area (Å²) in [5.41, 5.74) is 0. The summed E-state index contributed by atoms with van der Waals surface area (Å²) in [6.45, 7) is 5.21. The third-order valence-corrected chi connectivity index (χ3v) is 3.56. The summed E-state index contributed by atoms with van der Waals surface area (Å²) in [4.78, 5) is 17.3. The van der Waals surface area contributed by atoms with E-state index in [1.54, 1.807) is 11.3 Å². The number of nitrogens with zero attached hydrogens (tertiary/aromatic N) is 2. The first-order valence-corrected chi connectivity index (χ1v) is 6.31. The normalized spacial score (nSPS) is 17.6. The van der Waals surface area contributed by atoms with E-state index in [0.29, 0.717) is 0 Å². The second-order valence-electron chi connectivity index (χ2n) is 3.77. The van der Waals surface area contributed by atoms with Crippen LogP contribution in [0.1, 0.15) is 18.0 Å². The van der Waals surface area contributed by atoms with Crippen molar-refractivity contribution < 1.29 is 4.79 Å². The van der Waals surface area contributed by atoms with Gasteiger partial charge in [-0.3, -0.25) is 0 Å². The Morgan fingerprint density at radius 2 is 2.62 bits per heavy atom. The summed E-state index contributed by atoms with van der Waals surface area (Å²) < 4.78 is 0. The van der Waals surface area contributed by atoms with E-state index in [4.69, 9.17) is 0 Å². The Morgan fingerprint density at radius 3 is 3.25 bits per heavy atom. The molecule has 16 heavy (non-hydrogen) atoms. The lowest BCUT2D eigenvalue weighted by Crippen LogP contribution is -2.35. The molecule has 88 valence electrons. The Kier molecular flexibility index (Phi) is 3.74. The zero-order valence-electron chi connectivity index (χ0n) is 9.27. The number of urea groups is 1. The van der Waals surface area contributed by atoms with Crippen molar-refractivity contribution in [1.29, 1.82) is 0 Å². The molecule has 1 fully saturated rings. The van der Waals surface area contributed by atoms with Crippen LogP contribution in [0.25, 0.3) is 0 Å². The molecule has 0 saturated carbocycles. The number of carbonyl (C=O) groups excluding carboxylic acids is 1. The van der Waals surface area contributed by atoms with E-state index in [0.717, 1.165) is 31.2 Å². The van der Waals surface area contributed by atoms with Gasteiger partial charge in [-0.1, -0.05) is 0 Å². The Morgan fingerprint density at radius 1 is 1.75 bits per heavy atom. The summed E-state index contributed by atoms with van der Waals surface area (Å²) in [7, 11) is 0. The largest absolute Gasteiger partial charge is 0.336 e. The molecule has 1 unspecified atom stereocenters. The molecule has 1 aliphatic rings. The standard InChI is InChI=1S/C10H16N4OS/c1-8(9-12-4-7-16-9)11-2-5-14-6-3-13-10(14)15/h4,7-8,11H,2-3,5-6H2,1H3,(H,13,15). The predicted molar refractivity (Wildman–Crippen MR) is 63.5 cm³/mol. The molecular weight excluding hydrogens is 224 g/mol. The maximum atomic E-state index is 11.3. The van der Waals surface area contributed by atoms with Gasteiger partial charge in [0, 0.05) is 37.8 Å². The van der Waals surface area contributed by atoms with Crippen LogP contribution >= 0.6 is 11.3 Å². The summed E-state index contributed by atoms with van der Waals surface area (Å²) in [6, 6.07) is 0.300. The molecule has 0 aliphatic carbocycles. The van der Waals surface area contributed by atoms with Gasteiger partial charge in [0.2, 0.25) is 0 Å². The van der Waals surface area contributed by atoms with E-state index in [9.17, 15) is 4.79 Å². The third-order valence-electron chi connectivity index (χ3n) is 2.60. The molecular formula is C10H16N4OS. The molecule has 0 spiro atoms. The van der Waals surface area contributed by atoms with Crippen molar-refractivity contribution in [3.05, 3.63) is 16.6 Å². The van der Waals surface area contributed by atoms with Crippen LogP contribution in [-0.4, -0.2) is 42.1 Å². The molecule has 1 aromatic heterocycles. The molecule has 0 radical (unpaired) electrons. The minimum Gasteiger partial charge on any atom is -0.336 e. The molecule has 1 atom stereocenters. The minimum atomic E-state index is 0.0451. The SMILES string of the molecule is CC(NCCN1CCNC1=O)c1nccs1. The van der Waals surface area contributed by atoms with Crippen LogP contribution in [0.5, 0.6) is 0 Å². The van der Waals surface area contributed by atoms with Gasteiger partial charge in [-0.15, -0.1) is 11.3 Å². The first-order valence-electron chi connectivity index (χ1n) is 5.43. The van der Waals surface area contributed by atoms with Crippen LogP contribution in [0.3, 0.4) is 0 Å². The fourth-order valence-corrected chi connectivity index (χ4v) is 2.35. The number of thiazole rings is 1. The Balaban J connectivity index is 1.70. The molecule has 2 heterocycles. The maximum absolute atomic E-state index is 11.3. The average Bonchev–Trinajstić information content (AvgIpc) is 2.90. The second kappa shape index (κ2) is 5.27. The van der Waals surface area contributed by atoms with Gasteiger partial charge in [0.05, 0.1) is 6.04 Å². The van der Waals surface area contributed by atoms with Gasteiger partial charge in [-0.2, -0.15) is 0 Å². The van der Waals surface area contributed by atoms with E-state index in [-0.39, 0.29) is 12.1 Å². The quantitative estimate of drug-likeness (QED) is 0.801. The van der Waals surface area contributed by atoms with Crippen LogP contribution in [-0.2, 0) is 0 Å². The van der Waals surface area contributed by atoms with Crippen molar-refractivity contribution in [2.24, 2.45) is 0 Å². The number of carbonyl (C=O) groups is 1. The van der Waals surface area contributed by atoms with Crippen molar-refractivity contribution in [3.63, 3.8) is 0 Å². The van der Waals surface area contributed by atoms with Crippen LogP contribution in [0.2, 0.25) is 0 Å². The number of aromatic nitrogens is 1. The first-order chi connectivity index (χ1) is 7.77. The lowest BCUT2D eigenvalue weighted by Gasteiger charge is -2.16. The van der Waals surface area contributed by atoms with Crippen molar-refractivity contribution in [2.75, 3.05) is 26.2 Å². The zero-order valence-corrected chi connectivity index (χ0v) is 10.1. The molecule has 1 aromatic rings. The van der Waals surface area contributed by atoms with Gasteiger partial charge in [0.1, 0.15) is 5.01 Å². The summed E-state index contributed by atoms with van der Waals surface area (Å²) in [5.74, 6) is 0. The van der Waals surface area contributed by atoms with Gasteiger partial charge >= 0.3 is 6.03 Å². The summed E-state index contributed by atoms with van der Waals surface area (Å²) in [6.07, 6.45) is 1.81. The van der Waals surface area contributed by atoms with Crippen molar-refractivity contribution >= 4 is 17.4 Å². The highest BCUT2D eigenvalue weighted by molar-refractivity contribution is 7.09. The highest BCUT2D eigenvalue weighted by atomic mass is 32.1. The van der Waals surface area contributed by atoms with E-state index in [2.05, 4.69) is 22.5 Å². The van der Waals surface area contributed by atoms with Crippen molar-refractivity contribution in [2.45, 2.75) is 13.0 Å². The lowest BCUT2D eigenvalue weighted by molar-refractivity contribution is 0.217. The molecule has 2 rings (SSSR count). The number of nitrogens with one attached hydrogen (secondary N) is 2. The number of rotatable bonds is 5. The Bertz CT molecular complexity index is 341. The Labute approximate surface area is 98.9 Å². The average molecular weight is 240 g/mol. The van der Waals surface area contributed by atoms with Gasteiger partial charge in [0.15, 0.2) is 0 Å². The number of hydrogen-bond donors (Lipinski definition) is 2. The molecule has 6 heteroatoms. The first kappa shape index (κ1) is 11.3. The monoisotopic (exact) mass is 240 g/mol. The van der Waals surface area contributed by atoms with Gasteiger partial charge in [-0.05, 0) is 6.92 Å². The van der Waals surface area contributed by atoms with Crippen LogP contribution in [0, 0.1) is 0 Å². The molecule has 0 bridgehead atoms. The number of amides is 2. The molecule has 0 aromatic carbocycles. The van der Waals surface area contributed by atoms with Gasteiger partial charge < -0.3 is 15.5 Å². The van der Waals surface area contributed by atoms with E-state index >= 15 is 0 Å². The lowest BCUT2D eigenvalue weighted by atomic mass is 10.3. The van der Waals surface area contributed by atoms with Gasteiger partial charge in [0.25, 0.3) is 0 Å². The zero-order chi connectivity index (χ0) is 11.4. The smallest absolute Gasteiger partial charge is 0.317 e. The van der Waals surface area contributed by atoms with E-state index in [1.165, 1.54) is 0 Å². The minimum absolute atomic E-state index is 0.0451.